The van der Waals surface area contributed by atoms with Gasteiger partial charge in [-0.2, -0.15) is 16.7 Å². The molecule has 1 aromatic heterocycles. The van der Waals surface area contributed by atoms with Crippen molar-refractivity contribution in [3.8, 4) is 0 Å². The van der Waals surface area contributed by atoms with Crippen molar-refractivity contribution in [2.24, 2.45) is 0 Å². The number of H-pyrrole nitrogens is 1. The van der Waals surface area contributed by atoms with Crippen LogP contribution in [0.4, 0.5) is 5.95 Å². The molecule has 0 fully saturated rings. The summed E-state index contributed by atoms with van der Waals surface area (Å²) in [6.07, 6.45) is 1.88. The van der Waals surface area contributed by atoms with Crippen molar-refractivity contribution in [2.45, 2.75) is 19.1 Å². The molecule has 0 bridgehead atoms. The number of anilines is 1. The molecule has 0 saturated carbocycles. The predicted molar refractivity (Wildman–Crippen MR) is 52.7 cm³/mol. The first-order valence-corrected chi connectivity index (χ1v) is 5.15. The number of carbonyl (C=O) groups is 1. The summed E-state index contributed by atoms with van der Waals surface area (Å²) < 4.78 is 0. The maximum Gasteiger partial charge on any atom is 0.248 e. The monoisotopic (exact) mass is 200 g/mol. The van der Waals surface area contributed by atoms with Gasteiger partial charge < -0.3 is 0 Å². The van der Waals surface area contributed by atoms with Crippen LogP contribution in [0.5, 0.6) is 0 Å². The molecule has 1 atom stereocenters. The average molecular weight is 200 g/mol. The molecule has 1 heterocycles. The van der Waals surface area contributed by atoms with E-state index in [1.807, 2.05) is 13.2 Å². The zero-order chi connectivity index (χ0) is 9.84. The molecule has 1 unspecified atom stereocenters. The fourth-order valence-corrected chi connectivity index (χ4v) is 0.990. The standard InChI is InChI=1S/C7H12N4OS/c1-4(13-3)6(12)9-7-8-5(2)10-11-7/h4H,1-3H3,(H2,8,9,10,11,12). The molecule has 13 heavy (non-hydrogen) atoms. The number of carbonyl (C=O) groups excluding carboxylic acids is 1. The van der Waals surface area contributed by atoms with Gasteiger partial charge in [0, 0.05) is 0 Å². The third-order valence-corrected chi connectivity index (χ3v) is 2.48. The Labute approximate surface area is 80.7 Å². The largest absolute Gasteiger partial charge is 0.292 e. The van der Waals surface area contributed by atoms with Crippen LogP contribution in [0.2, 0.25) is 0 Å². The Kier molecular flexibility index (Phi) is 3.30. The molecule has 1 aromatic rings. The van der Waals surface area contributed by atoms with Crippen molar-refractivity contribution in [1.29, 1.82) is 0 Å². The lowest BCUT2D eigenvalue weighted by atomic mass is 10.4. The molecule has 1 amide bonds. The number of aromatic amines is 1. The number of aromatic nitrogens is 3. The Morgan fingerprint density at radius 3 is 2.85 bits per heavy atom. The van der Waals surface area contributed by atoms with E-state index in [4.69, 9.17) is 0 Å². The Morgan fingerprint density at radius 1 is 1.69 bits per heavy atom. The number of nitrogens with zero attached hydrogens (tertiary/aromatic N) is 2. The van der Waals surface area contributed by atoms with Crippen LogP contribution in [0.3, 0.4) is 0 Å². The Hall–Kier alpha value is -1.04. The Morgan fingerprint density at radius 2 is 2.38 bits per heavy atom. The minimum atomic E-state index is -0.0844. The van der Waals surface area contributed by atoms with Gasteiger partial charge in [-0.15, -0.1) is 5.10 Å². The topological polar surface area (TPSA) is 70.7 Å². The first-order chi connectivity index (χ1) is 6.13. The van der Waals surface area contributed by atoms with E-state index in [2.05, 4.69) is 20.5 Å². The smallest absolute Gasteiger partial charge is 0.248 e. The summed E-state index contributed by atoms with van der Waals surface area (Å²) in [5, 5.41) is 8.96. The van der Waals surface area contributed by atoms with Gasteiger partial charge >= 0.3 is 0 Å². The molecule has 0 radical (unpaired) electrons. The van der Waals surface area contributed by atoms with E-state index in [0.29, 0.717) is 11.8 Å². The third-order valence-electron chi connectivity index (χ3n) is 1.55. The summed E-state index contributed by atoms with van der Waals surface area (Å²) in [6, 6.07) is 0. The van der Waals surface area contributed by atoms with Gasteiger partial charge in [0.25, 0.3) is 0 Å². The van der Waals surface area contributed by atoms with Gasteiger partial charge in [-0.25, -0.2) is 0 Å². The van der Waals surface area contributed by atoms with Crippen LogP contribution >= 0.6 is 11.8 Å². The highest BCUT2D eigenvalue weighted by Gasteiger charge is 2.12. The molecule has 6 heteroatoms. The van der Waals surface area contributed by atoms with Crippen LogP contribution in [-0.4, -0.2) is 32.6 Å². The number of hydrogen-bond acceptors (Lipinski definition) is 4. The van der Waals surface area contributed by atoms with E-state index in [1.54, 1.807) is 6.92 Å². The zero-order valence-corrected chi connectivity index (χ0v) is 8.60. The number of nitrogens with one attached hydrogen (secondary N) is 2. The van der Waals surface area contributed by atoms with E-state index < -0.39 is 0 Å². The molecule has 0 aliphatic carbocycles. The number of thioether (sulfide) groups is 1. The second-order valence-corrected chi connectivity index (χ2v) is 3.79. The maximum atomic E-state index is 11.3. The molecule has 2 N–H and O–H groups in total. The quantitative estimate of drug-likeness (QED) is 0.757. The van der Waals surface area contributed by atoms with Crippen LogP contribution in [-0.2, 0) is 4.79 Å². The number of hydrogen-bond donors (Lipinski definition) is 2. The van der Waals surface area contributed by atoms with Gasteiger partial charge in [-0.3, -0.25) is 15.2 Å². The van der Waals surface area contributed by atoms with Crippen LogP contribution < -0.4 is 5.32 Å². The molecule has 0 spiro atoms. The van der Waals surface area contributed by atoms with Gasteiger partial charge in [-0.05, 0) is 20.1 Å². The van der Waals surface area contributed by atoms with E-state index in [9.17, 15) is 4.79 Å². The second kappa shape index (κ2) is 4.27. The first-order valence-electron chi connectivity index (χ1n) is 3.86. The molecule has 5 nitrogen and oxygen atoms in total. The lowest BCUT2D eigenvalue weighted by Crippen LogP contribution is -2.22. The van der Waals surface area contributed by atoms with Crippen molar-refractivity contribution < 1.29 is 4.79 Å². The fraction of sp³-hybridized carbons (Fsp3) is 0.571. The molecule has 0 saturated heterocycles. The van der Waals surface area contributed by atoms with Gasteiger partial charge in [0.1, 0.15) is 5.82 Å². The molecule has 72 valence electrons. The first kappa shape index (κ1) is 10.0. The van der Waals surface area contributed by atoms with E-state index >= 15 is 0 Å². The zero-order valence-electron chi connectivity index (χ0n) is 7.79. The minimum Gasteiger partial charge on any atom is -0.292 e. The SMILES string of the molecule is CSC(C)C(=O)Nc1n[nH]c(C)n1. The maximum absolute atomic E-state index is 11.3. The summed E-state index contributed by atoms with van der Waals surface area (Å²) in [5.74, 6) is 0.946. The van der Waals surface area contributed by atoms with Gasteiger partial charge in [0.15, 0.2) is 0 Å². The van der Waals surface area contributed by atoms with Crippen molar-refractivity contribution in [1.82, 2.24) is 15.2 Å². The lowest BCUT2D eigenvalue weighted by molar-refractivity contribution is -0.115. The van der Waals surface area contributed by atoms with Crippen molar-refractivity contribution in [2.75, 3.05) is 11.6 Å². The summed E-state index contributed by atoms with van der Waals surface area (Å²) in [6.45, 7) is 3.61. The number of amides is 1. The highest BCUT2D eigenvalue weighted by molar-refractivity contribution is 7.99. The van der Waals surface area contributed by atoms with Crippen LogP contribution in [0.25, 0.3) is 0 Å². The van der Waals surface area contributed by atoms with Crippen LogP contribution in [0.15, 0.2) is 0 Å². The van der Waals surface area contributed by atoms with E-state index in [1.165, 1.54) is 11.8 Å². The predicted octanol–water partition coefficient (Wildman–Crippen LogP) is 0.803. The fourth-order valence-electron chi connectivity index (χ4n) is 0.717. The lowest BCUT2D eigenvalue weighted by Gasteiger charge is -2.05. The molecule has 0 aromatic carbocycles. The molecular formula is C7H12N4OS. The number of rotatable bonds is 3. The molecular weight excluding hydrogens is 188 g/mol. The highest BCUT2D eigenvalue weighted by atomic mass is 32.2. The summed E-state index contributed by atoms with van der Waals surface area (Å²) in [7, 11) is 0. The summed E-state index contributed by atoms with van der Waals surface area (Å²) in [4.78, 5) is 15.3. The van der Waals surface area contributed by atoms with Gasteiger partial charge in [0.2, 0.25) is 11.9 Å². The molecule has 0 aliphatic heterocycles. The van der Waals surface area contributed by atoms with Crippen molar-refractivity contribution >= 4 is 23.6 Å². The summed E-state index contributed by atoms with van der Waals surface area (Å²) in [5.41, 5.74) is 0. The minimum absolute atomic E-state index is 0.0773. The van der Waals surface area contributed by atoms with E-state index in [-0.39, 0.29) is 11.2 Å². The highest BCUT2D eigenvalue weighted by Crippen LogP contribution is 2.07. The normalized spacial score (nSPS) is 12.5. The van der Waals surface area contributed by atoms with E-state index in [0.717, 1.165) is 0 Å². The Balaban J connectivity index is 2.54. The van der Waals surface area contributed by atoms with Gasteiger partial charge in [-0.1, -0.05) is 0 Å². The average Bonchev–Trinajstić information content (AvgIpc) is 2.49. The van der Waals surface area contributed by atoms with Gasteiger partial charge in [0.05, 0.1) is 5.25 Å². The van der Waals surface area contributed by atoms with Crippen LogP contribution in [0.1, 0.15) is 12.7 Å². The number of aryl methyl sites for hydroxylation is 1. The molecule has 1 rings (SSSR count). The second-order valence-electron chi connectivity index (χ2n) is 2.61. The summed E-state index contributed by atoms with van der Waals surface area (Å²) >= 11 is 1.48. The van der Waals surface area contributed by atoms with Crippen molar-refractivity contribution in [3.05, 3.63) is 5.82 Å². The van der Waals surface area contributed by atoms with Crippen LogP contribution in [0, 0.1) is 6.92 Å². The Bertz CT molecular complexity index is 298. The third kappa shape index (κ3) is 2.73. The molecule has 0 aliphatic rings. The van der Waals surface area contributed by atoms with Crippen molar-refractivity contribution in [3.63, 3.8) is 0 Å².